The highest BCUT2D eigenvalue weighted by Gasteiger charge is 2.11. The molecule has 0 bridgehead atoms. The summed E-state index contributed by atoms with van der Waals surface area (Å²) in [5, 5.41) is 1.06. The number of halogens is 3. The van der Waals surface area contributed by atoms with Crippen molar-refractivity contribution < 1.29 is 13.9 Å². The molecule has 4 rings (SSSR count). The Morgan fingerprint density at radius 2 is 1.71 bits per heavy atom. The summed E-state index contributed by atoms with van der Waals surface area (Å²) in [6, 6.07) is 17.9. The Morgan fingerprint density at radius 3 is 2.45 bits per heavy atom. The van der Waals surface area contributed by atoms with Crippen molar-refractivity contribution in [2.24, 2.45) is 0 Å². The zero-order chi connectivity index (χ0) is 21.8. The van der Waals surface area contributed by atoms with Crippen molar-refractivity contribution in [1.82, 2.24) is 4.57 Å². The summed E-state index contributed by atoms with van der Waals surface area (Å²) in [6.07, 6.45) is 6.95. The van der Waals surface area contributed by atoms with E-state index in [4.69, 9.17) is 44.0 Å². The van der Waals surface area contributed by atoms with Crippen LogP contribution in [0.1, 0.15) is 21.9 Å². The summed E-state index contributed by atoms with van der Waals surface area (Å²) in [5.41, 5.74) is 1.51. The molecule has 0 aliphatic rings. The zero-order valence-corrected chi connectivity index (χ0v) is 18.4. The number of ether oxygens (including phenoxy) is 1. The molecule has 2 aromatic heterocycles. The van der Waals surface area contributed by atoms with Crippen molar-refractivity contribution in [2.45, 2.75) is 6.61 Å². The van der Waals surface area contributed by atoms with E-state index in [1.165, 1.54) is 6.08 Å². The van der Waals surface area contributed by atoms with Gasteiger partial charge in [0.25, 0.3) is 0 Å². The van der Waals surface area contributed by atoms with Gasteiger partial charge in [0.05, 0.1) is 10.0 Å². The van der Waals surface area contributed by atoms with Gasteiger partial charge in [-0.1, -0.05) is 46.9 Å². The van der Waals surface area contributed by atoms with Crippen LogP contribution in [-0.4, -0.2) is 10.4 Å². The SMILES string of the molecule is O=C(/C=C/c1ccc(COc2c(Cl)cc(Cl)cc2Cl)o1)c1cccc(-n2cccc2)c1. The van der Waals surface area contributed by atoms with Crippen LogP contribution in [0.4, 0.5) is 0 Å². The first-order valence-electron chi connectivity index (χ1n) is 9.31. The van der Waals surface area contributed by atoms with Gasteiger partial charge in [-0.3, -0.25) is 4.79 Å². The molecule has 0 saturated heterocycles. The van der Waals surface area contributed by atoms with Crippen molar-refractivity contribution in [1.29, 1.82) is 0 Å². The molecule has 4 aromatic rings. The third-order valence-corrected chi connectivity index (χ3v) is 5.22. The van der Waals surface area contributed by atoms with E-state index in [2.05, 4.69) is 0 Å². The standard InChI is InChI=1S/C24H16Cl3NO3/c25-17-13-21(26)24(22(27)14-17)30-15-20-7-6-19(31-20)8-9-23(29)16-4-3-5-18(12-16)28-10-1-2-11-28/h1-14H,15H2/b9-8+. The maximum absolute atomic E-state index is 12.6. The minimum atomic E-state index is -0.122. The molecule has 0 aliphatic heterocycles. The van der Waals surface area contributed by atoms with Gasteiger partial charge in [0.1, 0.15) is 18.1 Å². The molecule has 0 atom stereocenters. The van der Waals surface area contributed by atoms with Crippen LogP contribution in [0.2, 0.25) is 15.1 Å². The van der Waals surface area contributed by atoms with E-state index in [1.807, 2.05) is 47.3 Å². The van der Waals surface area contributed by atoms with Crippen LogP contribution in [0.15, 0.2) is 83.6 Å². The Balaban J connectivity index is 1.41. The van der Waals surface area contributed by atoms with Gasteiger partial charge in [-0.25, -0.2) is 0 Å². The highest BCUT2D eigenvalue weighted by Crippen LogP contribution is 2.36. The van der Waals surface area contributed by atoms with Gasteiger partial charge in [-0.2, -0.15) is 0 Å². The molecule has 2 heterocycles. The molecule has 0 saturated carbocycles. The highest BCUT2D eigenvalue weighted by atomic mass is 35.5. The molecule has 0 fully saturated rings. The highest BCUT2D eigenvalue weighted by molar-refractivity contribution is 6.40. The van der Waals surface area contributed by atoms with Crippen LogP contribution in [0.3, 0.4) is 0 Å². The molecule has 2 aromatic carbocycles. The molecule has 0 N–H and O–H groups in total. The van der Waals surface area contributed by atoms with Crippen LogP contribution in [0.25, 0.3) is 11.8 Å². The molecule has 0 unspecified atom stereocenters. The number of carbonyl (C=O) groups is 1. The van der Waals surface area contributed by atoms with Gasteiger partial charge >= 0.3 is 0 Å². The first-order valence-corrected chi connectivity index (χ1v) is 10.4. The third kappa shape index (κ3) is 5.23. The Hall–Kier alpha value is -2.92. The summed E-state index contributed by atoms with van der Waals surface area (Å²) < 4.78 is 13.3. The van der Waals surface area contributed by atoms with Crippen LogP contribution in [-0.2, 0) is 6.61 Å². The first-order chi connectivity index (χ1) is 15.0. The largest absolute Gasteiger partial charge is 0.483 e. The maximum atomic E-state index is 12.6. The number of ketones is 1. The second-order valence-corrected chi connectivity index (χ2v) is 7.88. The van der Waals surface area contributed by atoms with Gasteiger partial charge < -0.3 is 13.7 Å². The second kappa shape index (κ2) is 9.48. The lowest BCUT2D eigenvalue weighted by Crippen LogP contribution is -1.97. The van der Waals surface area contributed by atoms with Crippen molar-refractivity contribution in [3.8, 4) is 11.4 Å². The zero-order valence-electron chi connectivity index (χ0n) is 16.1. The van der Waals surface area contributed by atoms with E-state index in [9.17, 15) is 4.79 Å². The monoisotopic (exact) mass is 471 g/mol. The quantitative estimate of drug-likeness (QED) is 0.206. The summed E-state index contributed by atoms with van der Waals surface area (Å²) in [5.74, 6) is 1.30. The van der Waals surface area contributed by atoms with E-state index in [0.717, 1.165) is 5.69 Å². The average Bonchev–Trinajstić information content (AvgIpc) is 3.44. The lowest BCUT2D eigenvalue weighted by atomic mass is 10.1. The molecule has 7 heteroatoms. The van der Waals surface area contributed by atoms with Gasteiger partial charge in [0, 0.05) is 28.7 Å². The Labute approximate surface area is 194 Å². The summed E-state index contributed by atoms with van der Waals surface area (Å²) in [7, 11) is 0. The first kappa shape index (κ1) is 21.3. The molecule has 0 spiro atoms. The van der Waals surface area contributed by atoms with Crippen LogP contribution >= 0.6 is 34.8 Å². The lowest BCUT2D eigenvalue weighted by Gasteiger charge is -2.08. The van der Waals surface area contributed by atoms with E-state index in [-0.39, 0.29) is 12.4 Å². The summed E-state index contributed by atoms with van der Waals surface area (Å²) >= 11 is 18.1. The van der Waals surface area contributed by atoms with Crippen molar-refractivity contribution >= 4 is 46.7 Å². The fraction of sp³-hybridized carbons (Fsp3) is 0.0417. The second-order valence-electron chi connectivity index (χ2n) is 6.63. The van der Waals surface area contributed by atoms with Crippen LogP contribution < -0.4 is 4.74 Å². The minimum Gasteiger partial charge on any atom is -0.483 e. The number of aromatic nitrogens is 1. The fourth-order valence-electron chi connectivity index (χ4n) is 2.95. The number of furan rings is 1. The van der Waals surface area contributed by atoms with E-state index < -0.39 is 0 Å². The topological polar surface area (TPSA) is 44.4 Å². The van der Waals surface area contributed by atoms with Gasteiger partial charge in [0.15, 0.2) is 11.5 Å². The van der Waals surface area contributed by atoms with E-state index in [1.54, 1.807) is 36.4 Å². The lowest BCUT2D eigenvalue weighted by molar-refractivity contribution is 0.104. The summed E-state index contributed by atoms with van der Waals surface area (Å²) in [4.78, 5) is 12.6. The molecule has 4 nitrogen and oxygen atoms in total. The smallest absolute Gasteiger partial charge is 0.186 e. The van der Waals surface area contributed by atoms with Crippen molar-refractivity contribution in [3.63, 3.8) is 0 Å². The molecule has 0 radical (unpaired) electrons. The molecular weight excluding hydrogens is 457 g/mol. The fourth-order valence-corrected chi connectivity index (χ4v) is 3.88. The van der Waals surface area contributed by atoms with Crippen LogP contribution in [0.5, 0.6) is 5.75 Å². The van der Waals surface area contributed by atoms with Crippen molar-refractivity contribution in [2.75, 3.05) is 0 Å². The van der Waals surface area contributed by atoms with Crippen LogP contribution in [0, 0.1) is 0 Å². The third-order valence-electron chi connectivity index (χ3n) is 4.44. The number of nitrogens with zero attached hydrogens (tertiary/aromatic N) is 1. The number of allylic oxidation sites excluding steroid dienone is 1. The number of hydrogen-bond acceptors (Lipinski definition) is 3. The van der Waals surface area contributed by atoms with Gasteiger partial charge in [0.2, 0.25) is 0 Å². The van der Waals surface area contributed by atoms with E-state index in [0.29, 0.717) is 37.9 Å². The normalized spacial score (nSPS) is 11.2. The van der Waals surface area contributed by atoms with E-state index >= 15 is 0 Å². The number of rotatable bonds is 7. The van der Waals surface area contributed by atoms with Crippen molar-refractivity contribution in [3.05, 3.63) is 111 Å². The van der Waals surface area contributed by atoms with Gasteiger partial charge in [-0.15, -0.1) is 0 Å². The maximum Gasteiger partial charge on any atom is 0.186 e. The Kier molecular flexibility index (Phi) is 6.52. The molecule has 31 heavy (non-hydrogen) atoms. The molecule has 156 valence electrons. The van der Waals surface area contributed by atoms with Gasteiger partial charge in [-0.05, 0) is 60.7 Å². The molecule has 0 aliphatic carbocycles. The number of carbonyl (C=O) groups excluding carboxylic acids is 1. The number of hydrogen-bond donors (Lipinski definition) is 0. The Morgan fingerprint density at radius 1 is 0.968 bits per heavy atom. The molecule has 0 amide bonds. The number of benzene rings is 2. The summed E-state index contributed by atoms with van der Waals surface area (Å²) in [6.45, 7) is 0.127. The minimum absolute atomic E-state index is 0.122. The Bertz CT molecular complexity index is 1220. The predicted octanol–water partition coefficient (Wildman–Crippen LogP) is 7.51. The molecular formula is C24H16Cl3NO3. The average molecular weight is 473 g/mol. The predicted molar refractivity (Wildman–Crippen MR) is 124 cm³/mol.